The van der Waals surface area contributed by atoms with Crippen LogP contribution < -0.4 is 9.64 Å². The van der Waals surface area contributed by atoms with Crippen molar-refractivity contribution in [2.45, 2.75) is 92.5 Å². The van der Waals surface area contributed by atoms with E-state index in [1.165, 1.54) is 0 Å². The Morgan fingerprint density at radius 2 is 1.68 bits per heavy atom. The third-order valence-corrected chi connectivity index (χ3v) is 6.58. The molecule has 0 radical (unpaired) electrons. The van der Waals surface area contributed by atoms with E-state index in [0.29, 0.717) is 35.9 Å². The molecule has 2 aromatic heterocycles. The second kappa shape index (κ2) is 11.6. The molecular formula is C30H45N3O5. The lowest BCUT2D eigenvalue weighted by Crippen LogP contribution is -2.39. The number of hydrogen-bond donors (Lipinski definition) is 1. The van der Waals surface area contributed by atoms with Gasteiger partial charge in [-0.1, -0.05) is 13.8 Å². The second-order valence-corrected chi connectivity index (χ2v) is 12.8. The van der Waals surface area contributed by atoms with Gasteiger partial charge in [0.1, 0.15) is 12.4 Å². The molecule has 0 unspecified atom stereocenters. The van der Waals surface area contributed by atoms with Crippen LogP contribution >= 0.6 is 0 Å². The number of ether oxygens (including phenoxy) is 3. The molecule has 0 amide bonds. The van der Waals surface area contributed by atoms with Crippen LogP contribution in [0, 0.1) is 12.3 Å². The number of anilines is 1. The summed E-state index contributed by atoms with van der Waals surface area (Å²) in [6, 6.07) is 3.77. The van der Waals surface area contributed by atoms with Crippen molar-refractivity contribution in [2.75, 3.05) is 31.2 Å². The van der Waals surface area contributed by atoms with Crippen LogP contribution in [0.15, 0.2) is 24.5 Å². The van der Waals surface area contributed by atoms with E-state index in [1.54, 1.807) is 12.4 Å². The molecule has 3 rings (SSSR count). The third kappa shape index (κ3) is 8.14. The minimum atomic E-state index is -1.15. The lowest BCUT2D eigenvalue weighted by molar-refractivity contribution is -0.160. The van der Waals surface area contributed by atoms with Gasteiger partial charge in [-0.25, -0.2) is 4.79 Å². The third-order valence-electron chi connectivity index (χ3n) is 6.58. The van der Waals surface area contributed by atoms with E-state index >= 15 is 0 Å². The largest absolute Gasteiger partial charge is 0.490 e. The molecule has 8 heteroatoms. The van der Waals surface area contributed by atoms with E-state index in [-0.39, 0.29) is 11.0 Å². The van der Waals surface area contributed by atoms with Gasteiger partial charge in [-0.2, -0.15) is 0 Å². The molecule has 210 valence electrons. The van der Waals surface area contributed by atoms with E-state index in [2.05, 4.69) is 28.7 Å². The Morgan fingerprint density at radius 1 is 1.03 bits per heavy atom. The molecule has 0 spiro atoms. The van der Waals surface area contributed by atoms with Crippen LogP contribution in [0.3, 0.4) is 0 Å². The fraction of sp³-hybridized carbons (Fsp3) is 0.633. The first-order valence-corrected chi connectivity index (χ1v) is 13.4. The van der Waals surface area contributed by atoms with Crippen molar-refractivity contribution in [1.82, 2.24) is 9.97 Å². The number of pyridine rings is 2. The van der Waals surface area contributed by atoms with Crippen molar-refractivity contribution in [3.8, 4) is 17.0 Å². The standard InChI is InChI=1S/C30H45N3O5/c1-20-24(26(27(34)35)38-29(5,6)7)25(33-14-12-30(8,9)13-15-33)22(19-31-20)23-11-10-21(18-32-23)36-16-17-37-28(2,3)4/h10-11,18-19,26H,12-17H2,1-9H3,(H,34,35)/t26-/m0/s1. The first-order chi connectivity index (χ1) is 17.6. The molecule has 0 aliphatic carbocycles. The number of nitrogens with zero attached hydrogens (tertiary/aromatic N) is 3. The fourth-order valence-corrected chi connectivity index (χ4v) is 4.50. The van der Waals surface area contributed by atoms with Crippen LogP contribution in [0.5, 0.6) is 5.75 Å². The second-order valence-electron chi connectivity index (χ2n) is 12.8. The van der Waals surface area contributed by atoms with Crippen LogP contribution in [0.25, 0.3) is 11.3 Å². The van der Waals surface area contributed by atoms with Gasteiger partial charge < -0.3 is 24.2 Å². The zero-order valence-electron chi connectivity index (χ0n) is 24.6. The normalized spacial score (nSPS) is 16.8. The molecule has 8 nitrogen and oxygen atoms in total. The average molecular weight is 528 g/mol. The van der Waals surface area contributed by atoms with Crippen LogP contribution in [0.2, 0.25) is 0 Å². The Labute approximate surface area is 227 Å². The zero-order valence-corrected chi connectivity index (χ0v) is 24.6. The highest BCUT2D eigenvalue weighted by molar-refractivity contribution is 5.85. The Kier molecular flexibility index (Phi) is 9.09. The van der Waals surface area contributed by atoms with Crippen molar-refractivity contribution < 1.29 is 24.1 Å². The predicted octanol–water partition coefficient (Wildman–Crippen LogP) is 6.21. The molecule has 3 heterocycles. The monoisotopic (exact) mass is 527 g/mol. The molecule has 1 atom stereocenters. The molecule has 38 heavy (non-hydrogen) atoms. The molecule has 1 N–H and O–H groups in total. The summed E-state index contributed by atoms with van der Waals surface area (Å²) < 4.78 is 17.6. The van der Waals surface area contributed by atoms with Crippen molar-refractivity contribution in [3.05, 3.63) is 35.8 Å². The maximum Gasteiger partial charge on any atom is 0.337 e. The lowest BCUT2D eigenvalue weighted by Gasteiger charge is -2.40. The molecule has 1 saturated heterocycles. The Morgan fingerprint density at radius 3 is 2.21 bits per heavy atom. The van der Waals surface area contributed by atoms with Gasteiger partial charge in [-0.05, 0) is 78.9 Å². The van der Waals surface area contributed by atoms with Crippen LogP contribution in [-0.4, -0.2) is 58.5 Å². The minimum absolute atomic E-state index is 0.216. The molecule has 2 aromatic rings. The molecule has 1 fully saturated rings. The SMILES string of the molecule is Cc1ncc(-c2ccc(OCCOC(C)(C)C)cn2)c(N2CCC(C)(C)CC2)c1[C@H](OC(C)(C)C)C(=O)O. The molecular weight excluding hydrogens is 482 g/mol. The van der Waals surface area contributed by atoms with Crippen LogP contribution in [0.1, 0.15) is 85.6 Å². The molecule has 0 saturated carbocycles. The van der Waals surface area contributed by atoms with Crippen LogP contribution in [0.4, 0.5) is 5.69 Å². The highest BCUT2D eigenvalue weighted by atomic mass is 16.5. The topological polar surface area (TPSA) is 94.0 Å². The minimum Gasteiger partial charge on any atom is -0.490 e. The summed E-state index contributed by atoms with van der Waals surface area (Å²) >= 11 is 0. The lowest BCUT2D eigenvalue weighted by atomic mass is 9.82. The number of hydrogen-bond acceptors (Lipinski definition) is 7. The summed E-state index contributed by atoms with van der Waals surface area (Å²) in [5.74, 6) is -0.387. The van der Waals surface area contributed by atoms with Gasteiger partial charge in [0.2, 0.25) is 0 Å². The van der Waals surface area contributed by atoms with Gasteiger partial charge in [0.25, 0.3) is 0 Å². The quantitative estimate of drug-likeness (QED) is 0.385. The zero-order chi connectivity index (χ0) is 28.3. The van der Waals surface area contributed by atoms with Gasteiger partial charge in [-0.3, -0.25) is 9.97 Å². The number of carbonyl (C=O) groups is 1. The van der Waals surface area contributed by atoms with Crippen LogP contribution in [-0.2, 0) is 14.3 Å². The smallest absolute Gasteiger partial charge is 0.337 e. The number of carboxylic acid groups (broad SMARTS) is 1. The Balaban J connectivity index is 2.01. The van der Waals surface area contributed by atoms with Gasteiger partial charge in [-0.15, -0.1) is 0 Å². The summed E-state index contributed by atoms with van der Waals surface area (Å²) in [6.45, 7) is 20.6. The van der Waals surface area contributed by atoms with E-state index in [0.717, 1.165) is 37.2 Å². The summed E-state index contributed by atoms with van der Waals surface area (Å²) in [6.07, 6.45) is 4.33. The fourth-order valence-electron chi connectivity index (χ4n) is 4.50. The summed E-state index contributed by atoms with van der Waals surface area (Å²) in [7, 11) is 0. The van der Waals surface area contributed by atoms with E-state index in [9.17, 15) is 9.90 Å². The number of rotatable bonds is 9. The number of carboxylic acids is 1. The van der Waals surface area contributed by atoms with Gasteiger partial charge in [0.15, 0.2) is 6.10 Å². The van der Waals surface area contributed by atoms with Gasteiger partial charge >= 0.3 is 5.97 Å². The predicted molar refractivity (Wildman–Crippen MR) is 150 cm³/mol. The highest BCUT2D eigenvalue weighted by Crippen LogP contribution is 2.43. The number of aromatic nitrogens is 2. The van der Waals surface area contributed by atoms with Crippen molar-refractivity contribution in [1.29, 1.82) is 0 Å². The van der Waals surface area contributed by atoms with Crippen molar-refractivity contribution in [3.63, 3.8) is 0 Å². The maximum atomic E-state index is 12.5. The summed E-state index contributed by atoms with van der Waals surface area (Å²) in [5.41, 5.74) is 2.93. The Bertz CT molecular complexity index is 1090. The van der Waals surface area contributed by atoms with Crippen molar-refractivity contribution >= 4 is 11.7 Å². The summed E-state index contributed by atoms with van der Waals surface area (Å²) in [5, 5.41) is 10.3. The van der Waals surface area contributed by atoms with E-state index in [4.69, 9.17) is 14.2 Å². The first-order valence-electron chi connectivity index (χ1n) is 13.4. The number of aryl methyl sites for hydroxylation is 1. The average Bonchev–Trinajstić information content (AvgIpc) is 2.80. The van der Waals surface area contributed by atoms with E-state index < -0.39 is 17.7 Å². The molecule has 1 aliphatic rings. The number of piperidine rings is 1. The maximum absolute atomic E-state index is 12.5. The molecule has 0 bridgehead atoms. The van der Waals surface area contributed by atoms with Gasteiger partial charge in [0, 0.05) is 36.1 Å². The first kappa shape index (κ1) is 29.8. The Hall–Kier alpha value is -2.71. The molecule has 1 aliphatic heterocycles. The number of aliphatic carboxylic acids is 1. The van der Waals surface area contributed by atoms with Gasteiger partial charge in [0.05, 0.1) is 35.4 Å². The highest BCUT2D eigenvalue weighted by Gasteiger charge is 2.36. The summed E-state index contributed by atoms with van der Waals surface area (Å²) in [4.78, 5) is 24.1. The van der Waals surface area contributed by atoms with Crippen molar-refractivity contribution in [2.24, 2.45) is 5.41 Å². The van der Waals surface area contributed by atoms with E-state index in [1.807, 2.05) is 60.6 Å². The molecule has 0 aromatic carbocycles.